The van der Waals surface area contributed by atoms with E-state index in [1.807, 2.05) is 6.92 Å². The highest BCUT2D eigenvalue weighted by Crippen LogP contribution is 2.22. The molecular formula is C14H19N3O5. The summed E-state index contributed by atoms with van der Waals surface area (Å²) >= 11 is 0. The fourth-order valence-corrected chi connectivity index (χ4v) is 1.66. The van der Waals surface area contributed by atoms with E-state index < -0.39 is 16.9 Å². The standard InChI is InChI=1S/C14H19N3O5/c1-3-4-7-15-14(19)16-13(18)9-22-11-5-6-12(17(20)21)10(2)8-11/h5-6,8H,3-4,7,9H2,1-2H3,(H2,15,16,18,19). The molecule has 0 saturated heterocycles. The monoisotopic (exact) mass is 309 g/mol. The van der Waals surface area contributed by atoms with Crippen LogP contribution in [0.4, 0.5) is 10.5 Å². The van der Waals surface area contributed by atoms with Crippen molar-refractivity contribution in [2.75, 3.05) is 13.2 Å². The SMILES string of the molecule is CCCCNC(=O)NC(=O)COc1ccc([N+](=O)[O-])c(C)c1. The molecule has 1 aromatic rings. The maximum Gasteiger partial charge on any atom is 0.321 e. The summed E-state index contributed by atoms with van der Waals surface area (Å²) in [6.07, 6.45) is 1.77. The van der Waals surface area contributed by atoms with E-state index in [9.17, 15) is 19.7 Å². The van der Waals surface area contributed by atoms with E-state index in [-0.39, 0.29) is 12.3 Å². The quantitative estimate of drug-likeness (QED) is 0.454. The van der Waals surface area contributed by atoms with Crippen LogP contribution in [0.2, 0.25) is 0 Å². The number of carbonyl (C=O) groups is 2. The number of hydrogen-bond acceptors (Lipinski definition) is 5. The summed E-state index contributed by atoms with van der Waals surface area (Å²) in [5.74, 6) is -0.269. The number of rotatable bonds is 7. The molecule has 0 aliphatic heterocycles. The molecule has 22 heavy (non-hydrogen) atoms. The Labute approximate surface area is 128 Å². The van der Waals surface area contributed by atoms with Gasteiger partial charge in [0.2, 0.25) is 0 Å². The van der Waals surface area contributed by atoms with E-state index in [2.05, 4.69) is 10.6 Å². The van der Waals surface area contributed by atoms with Gasteiger partial charge in [-0.1, -0.05) is 13.3 Å². The predicted octanol–water partition coefficient (Wildman–Crippen LogP) is 1.91. The average Bonchev–Trinajstić information content (AvgIpc) is 2.45. The minimum Gasteiger partial charge on any atom is -0.484 e. The third kappa shape index (κ3) is 5.78. The second-order valence-electron chi connectivity index (χ2n) is 4.65. The smallest absolute Gasteiger partial charge is 0.321 e. The second-order valence-corrected chi connectivity index (χ2v) is 4.65. The van der Waals surface area contributed by atoms with Crippen LogP contribution >= 0.6 is 0 Å². The summed E-state index contributed by atoms with van der Waals surface area (Å²) in [6, 6.07) is 3.61. The number of nitrogens with zero attached hydrogens (tertiary/aromatic N) is 1. The summed E-state index contributed by atoms with van der Waals surface area (Å²) in [5, 5.41) is 15.4. The lowest BCUT2D eigenvalue weighted by Crippen LogP contribution is -2.41. The molecule has 0 bridgehead atoms. The Morgan fingerprint density at radius 3 is 2.68 bits per heavy atom. The van der Waals surface area contributed by atoms with Gasteiger partial charge in [-0.15, -0.1) is 0 Å². The number of hydrogen-bond donors (Lipinski definition) is 2. The van der Waals surface area contributed by atoms with Gasteiger partial charge in [0.1, 0.15) is 5.75 Å². The molecule has 2 N–H and O–H groups in total. The van der Waals surface area contributed by atoms with Crippen LogP contribution in [0.5, 0.6) is 5.75 Å². The number of nitro groups is 1. The van der Waals surface area contributed by atoms with Crippen molar-refractivity contribution in [2.45, 2.75) is 26.7 Å². The van der Waals surface area contributed by atoms with E-state index >= 15 is 0 Å². The van der Waals surface area contributed by atoms with Crippen LogP contribution in [0.1, 0.15) is 25.3 Å². The van der Waals surface area contributed by atoms with Crippen LogP contribution in [0.15, 0.2) is 18.2 Å². The van der Waals surface area contributed by atoms with Crippen molar-refractivity contribution in [1.29, 1.82) is 0 Å². The number of nitrogens with one attached hydrogen (secondary N) is 2. The van der Waals surface area contributed by atoms with Crippen molar-refractivity contribution in [1.82, 2.24) is 10.6 Å². The van der Waals surface area contributed by atoms with Gasteiger partial charge in [0, 0.05) is 18.2 Å². The van der Waals surface area contributed by atoms with Gasteiger partial charge >= 0.3 is 6.03 Å². The summed E-state index contributed by atoms with van der Waals surface area (Å²) in [7, 11) is 0. The lowest BCUT2D eigenvalue weighted by molar-refractivity contribution is -0.385. The third-order valence-electron chi connectivity index (χ3n) is 2.80. The lowest BCUT2D eigenvalue weighted by Gasteiger charge is -2.08. The Hall–Kier alpha value is -2.64. The molecule has 8 nitrogen and oxygen atoms in total. The predicted molar refractivity (Wildman–Crippen MR) is 79.8 cm³/mol. The van der Waals surface area contributed by atoms with Crippen molar-refractivity contribution in [3.8, 4) is 5.75 Å². The highest BCUT2D eigenvalue weighted by molar-refractivity contribution is 5.94. The number of aryl methyl sites for hydroxylation is 1. The zero-order chi connectivity index (χ0) is 16.5. The molecule has 120 valence electrons. The molecule has 0 spiro atoms. The number of urea groups is 1. The maximum atomic E-state index is 11.5. The number of amides is 3. The van der Waals surface area contributed by atoms with Gasteiger partial charge in [0.15, 0.2) is 6.61 Å². The normalized spacial score (nSPS) is 9.91. The van der Waals surface area contributed by atoms with Crippen molar-refractivity contribution in [3.63, 3.8) is 0 Å². The zero-order valence-electron chi connectivity index (χ0n) is 12.5. The molecule has 0 unspecified atom stereocenters. The third-order valence-corrected chi connectivity index (χ3v) is 2.80. The molecule has 0 atom stereocenters. The number of imide groups is 1. The summed E-state index contributed by atoms with van der Waals surface area (Å²) < 4.78 is 5.20. The molecule has 0 saturated carbocycles. The largest absolute Gasteiger partial charge is 0.484 e. The molecule has 0 aromatic heterocycles. The van der Waals surface area contributed by atoms with Crippen LogP contribution in [0, 0.1) is 17.0 Å². The van der Waals surface area contributed by atoms with E-state index in [1.54, 1.807) is 6.92 Å². The van der Waals surface area contributed by atoms with Gasteiger partial charge in [0.25, 0.3) is 11.6 Å². The van der Waals surface area contributed by atoms with Crippen molar-refractivity contribution in [2.24, 2.45) is 0 Å². The molecule has 0 aliphatic rings. The van der Waals surface area contributed by atoms with Crippen LogP contribution in [-0.4, -0.2) is 30.0 Å². The first kappa shape index (κ1) is 17.4. The molecule has 0 aliphatic carbocycles. The molecular weight excluding hydrogens is 290 g/mol. The van der Waals surface area contributed by atoms with Crippen LogP contribution in [0.3, 0.4) is 0 Å². The van der Waals surface area contributed by atoms with E-state index in [0.717, 1.165) is 12.8 Å². The Bertz CT molecular complexity index is 559. The minimum atomic E-state index is -0.593. The van der Waals surface area contributed by atoms with Crippen molar-refractivity contribution >= 4 is 17.6 Å². The van der Waals surface area contributed by atoms with Crippen LogP contribution in [0.25, 0.3) is 0 Å². The first-order valence-corrected chi connectivity index (χ1v) is 6.89. The van der Waals surface area contributed by atoms with Gasteiger partial charge in [-0.2, -0.15) is 0 Å². The average molecular weight is 309 g/mol. The van der Waals surface area contributed by atoms with E-state index in [4.69, 9.17) is 4.74 Å². The highest BCUT2D eigenvalue weighted by atomic mass is 16.6. The van der Waals surface area contributed by atoms with Gasteiger partial charge in [-0.3, -0.25) is 20.2 Å². The Balaban J connectivity index is 2.42. The fourth-order valence-electron chi connectivity index (χ4n) is 1.66. The van der Waals surface area contributed by atoms with Gasteiger partial charge in [-0.25, -0.2) is 4.79 Å². The Kier molecular flexibility index (Phi) is 6.81. The fraction of sp³-hybridized carbons (Fsp3) is 0.429. The van der Waals surface area contributed by atoms with Crippen molar-refractivity contribution in [3.05, 3.63) is 33.9 Å². The molecule has 8 heteroatoms. The zero-order valence-corrected chi connectivity index (χ0v) is 12.5. The summed E-state index contributed by atoms with van der Waals surface area (Å²) in [4.78, 5) is 33.0. The minimum absolute atomic E-state index is 0.0212. The number of unbranched alkanes of at least 4 members (excludes halogenated alkanes) is 1. The Morgan fingerprint density at radius 2 is 2.09 bits per heavy atom. The van der Waals surface area contributed by atoms with Gasteiger partial charge in [-0.05, 0) is 25.5 Å². The summed E-state index contributed by atoms with van der Waals surface area (Å²) in [5.41, 5.74) is 0.410. The summed E-state index contributed by atoms with van der Waals surface area (Å²) in [6.45, 7) is 3.72. The molecule has 3 amide bonds. The molecule has 1 aromatic carbocycles. The maximum absolute atomic E-state index is 11.5. The van der Waals surface area contributed by atoms with Gasteiger partial charge in [0.05, 0.1) is 4.92 Å². The Morgan fingerprint density at radius 1 is 1.36 bits per heavy atom. The van der Waals surface area contributed by atoms with Gasteiger partial charge < -0.3 is 10.1 Å². The lowest BCUT2D eigenvalue weighted by atomic mass is 10.2. The van der Waals surface area contributed by atoms with Crippen LogP contribution < -0.4 is 15.4 Å². The topological polar surface area (TPSA) is 111 Å². The molecule has 0 radical (unpaired) electrons. The number of nitro benzene ring substituents is 1. The van der Waals surface area contributed by atoms with E-state index in [1.165, 1.54) is 18.2 Å². The number of benzene rings is 1. The molecule has 0 fully saturated rings. The number of ether oxygens (including phenoxy) is 1. The second kappa shape index (κ2) is 8.60. The van der Waals surface area contributed by atoms with Crippen molar-refractivity contribution < 1.29 is 19.2 Å². The van der Waals surface area contributed by atoms with Crippen LogP contribution in [-0.2, 0) is 4.79 Å². The number of carbonyl (C=O) groups excluding carboxylic acids is 2. The molecule has 0 heterocycles. The molecule has 1 rings (SSSR count). The van der Waals surface area contributed by atoms with E-state index in [0.29, 0.717) is 17.9 Å². The highest BCUT2D eigenvalue weighted by Gasteiger charge is 2.12. The first-order valence-electron chi connectivity index (χ1n) is 6.89. The first-order chi connectivity index (χ1) is 10.4.